The molecule has 1 aromatic rings. The van der Waals surface area contributed by atoms with E-state index < -0.39 is 0 Å². The van der Waals surface area contributed by atoms with Crippen LogP contribution in [0, 0.1) is 0 Å². The van der Waals surface area contributed by atoms with E-state index in [0.29, 0.717) is 12.1 Å². The monoisotopic (exact) mass is 266 g/mol. The van der Waals surface area contributed by atoms with E-state index in [2.05, 4.69) is 12.2 Å². The maximum Gasteiger partial charge on any atom is 0.251 e. The maximum absolute atomic E-state index is 11.9. The molecule has 4 N–H and O–H groups in total. The standard InChI is InChI=1S/C13H18N2O2S/c1-13(5-2-6-18-13)8-15-12(17)9-3-4-10(14)11(16)7-9/h3-4,7,16H,2,5-6,8,14H2,1H3,(H,15,17). The summed E-state index contributed by atoms with van der Waals surface area (Å²) in [5.74, 6) is 0.942. The van der Waals surface area contributed by atoms with Gasteiger partial charge in [-0.25, -0.2) is 0 Å². The molecule has 0 saturated carbocycles. The summed E-state index contributed by atoms with van der Waals surface area (Å²) >= 11 is 1.90. The highest BCUT2D eigenvalue weighted by molar-refractivity contribution is 8.00. The average Bonchev–Trinajstić information content (AvgIpc) is 2.77. The van der Waals surface area contributed by atoms with Gasteiger partial charge in [-0.3, -0.25) is 4.79 Å². The number of nitrogens with one attached hydrogen (secondary N) is 1. The number of aromatic hydroxyl groups is 1. The lowest BCUT2D eigenvalue weighted by atomic mass is 10.1. The number of hydrogen-bond donors (Lipinski definition) is 3. The van der Waals surface area contributed by atoms with Crippen molar-refractivity contribution in [3.8, 4) is 5.75 Å². The molecule has 1 aliphatic heterocycles. The number of thioether (sulfide) groups is 1. The summed E-state index contributed by atoms with van der Waals surface area (Å²) in [5, 5.41) is 12.4. The van der Waals surface area contributed by atoms with Crippen LogP contribution in [0.15, 0.2) is 18.2 Å². The number of carbonyl (C=O) groups excluding carboxylic acids is 1. The van der Waals surface area contributed by atoms with Gasteiger partial charge in [0.15, 0.2) is 0 Å². The molecular formula is C13H18N2O2S. The zero-order valence-electron chi connectivity index (χ0n) is 10.4. The topological polar surface area (TPSA) is 75.4 Å². The third-order valence-corrected chi connectivity index (χ3v) is 4.75. The van der Waals surface area contributed by atoms with Gasteiger partial charge in [-0.15, -0.1) is 0 Å². The smallest absolute Gasteiger partial charge is 0.251 e. The van der Waals surface area contributed by atoms with Gasteiger partial charge in [0.25, 0.3) is 5.91 Å². The Hall–Kier alpha value is -1.36. The number of carbonyl (C=O) groups is 1. The quantitative estimate of drug-likeness (QED) is 0.577. The van der Waals surface area contributed by atoms with Crippen molar-refractivity contribution in [1.82, 2.24) is 5.32 Å². The lowest BCUT2D eigenvalue weighted by Crippen LogP contribution is -2.36. The Morgan fingerprint density at radius 1 is 1.61 bits per heavy atom. The van der Waals surface area contributed by atoms with E-state index in [4.69, 9.17) is 5.73 Å². The first-order chi connectivity index (χ1) is 8.50. The van der Waals surface area contributed by atoms with Crippen molar-refractivity contribution < 1.29 is 9.90 Å². The lowest BCUT2D eigenvalue weighted by molar-refractivity contribution is 0.0949. The highest BCUT2D eigenvalue weighted by atomic mass is 32.2. The molecule has 0 aromatic heterocycles. The molecular weight excluding hydrogens is 248 g/mol. The molecule has 1 unspecified atom stereocenters. The van der Waals surface area contributed by atoms with Crippen LogP contribution in [-0.2, 0) is 0 Å². The zero-order chi connectivity index (χ0) is 13.2. The van der Waals surface area contributed by atoms with E-state index in [1.165, 1.54) is 18.6 Å². The summed E-state index contributed by atoms with van der Waals surface area (Å²) in [7, 11) is 0. The molecule has 5 heteroatoms. The van der Waals surface area contributed by atoms with E-state index in [1.54, 1.807) is 6.07 Å². The van der Waals surface area contributed by atoms with Crippen molar-refractivity contribution in [3.05, 3.63) is 23.8 Å². The Labute approximate surface area is 111 Å². The van der Waals surface area contributed by atoms with Crippen molar-refractivity contribution in [2.24, 2.45) is 0 Å². The summed E-state index contributed by atoms with van der Waals surface area (Å²) in [6, 6.07) is 4.56. The molecule has 1 amide bonds. The van der Waals surface area contributed by atoms with Gasteiger partial charge >= 0.3 is 0 Å². The molecule has 4 nitrogen and oxygen atoms in total. The van der Waals surface area contributed by atoms with Crippen LogP contribution < -0.4 is 11.1 Å². The normalized spacial score (nSPS) is 22.9. The van der Waals surface area contributed by atoms with Crippen LogP contribution in [0.3, 0.4) is 0 Å². The van der Waals surface area contributed by atoms with Gasteiger partial charge in [0.1, 0.15) is 5.75 Å². The first-order valence-corrected chi connectivity index (χ1v) is 6.99. The fourth-order valence-electron chi connectivity index (χ4n) is 2.03. The van der Waals surface area contributed by atoms with E-state index >= 15 is 0 Å². The Kier molecular flexibility index (Phi) is 3.71. The van der Waals surface area contributed by atoms with Gasteiger partial charge in [-0.05, 0) is 43.7 Å². The molecule has 1 aliphatic rings. The van der Waals surface area contributed by atoms with Crippen molar-refractivity contribution in [1.29, 1.82) is 0 Å². The summed E-state index contributed by atoms with van der Waals surface area (Å²) < 4.78 is 0.144. The largest absolute Gasteiger partial charge is 0.506 e. The van der Waals surface area contributed by atoms with E-state index in [0.717, 1.165) is 12.2 Å². The Bertz CT molecular complexity index is 456. The second-order valence-electron chi connectivity index (χ2n) is 4.86. The summed E-state index contributed by atoms with van der Waals surface area (Å²) in [5.41, 5.74) is 6.22. The molecule has 2 rings (SSSR count). The number of rotatable bonds is 3. The molecule has 1 aromatic carbocycles. The second-order valence-corrected chi connectivity index (χ2v) is 6.54. The van der Waals surface area contributed by atoms with Gasteiger partial charge < -0.3 is 16.2 Å². The van der Waals surface area contributed by atoms with E-state index in [1.807, 2.05) is 11.8 Å². The molecule has 0 bridgehead atoms. The zero-order valence-corrected chi connectivity index (χ0v) is 11.2. The van der Waals surface area contributed by atoms with Gasteiger partial charge in [0, 0.05) is 16.9 Å². The highest BCUT2D eigenvalue weighted by Crippen LogP contribution is 2.37. The summed E-state index contributed by atoms with van der Waals surface area (Å²) in [6.45, 7) is 2.83. The Morgan fingerprint density at radius 3 is 3.00 bits per heavy atom. The van der Waals surface area contributed by atoms with Crippen molar-refractivity contribution in [3.63, 3.8) is 0 Å². The minimum Gasteiger partial charge on any atom is -0.506 e. The Morgan fingerprint density at radius 2 is 2.39 bits per heavy atom. The Balaban J connectivity index is 1.97. The molecule has 0 aliphatic carbocycles. The maximum atomic E-state index is 11.9. The highest BCUT2D eigenvalue weighted by Gasteiger charge is 2.29. The molecule has 1 heterocycles. The number of amides is 1. The first kappa shape index (κ1) is 13.1. The fourth-order valence-corrected chi connectivity index (χ4v) is 3.27. The van der Waals surface area contributed by atoms with Gasteiger partial charge in [0.05, 0.1) is 5.69 Å². The number of hydrogen-bond acceptors (Lipinski definition) is 4. The predicted molar refractivity (Wildman–Crippen MR) is 74.9 cm³/mol. The van der Waals surface area contributed by atoms with Crippen LogP contribution in [0.1, 0.15) is 30.1 Å². The minimum absolute atomic E-state index is 0.0518. The molecule has 98 valence electrons. The number of benzene rings is 1. The fraction of sp³-hybridized carbons (Fsp3) is 0.462. The van der Waals surface area contributed by atoms with Crippen LogP contribution in [-0.4, -0.2) is 28.1 Å². The van der Waals surface area contributed by atoms with E-state index in [9.17, 15) is 9.90 Å². The van der Waals surface area contributed by atoms with Gasteiger partial charge in [0.2, 0.25) is 0 Å². The SMILES string of the molecule is CC1(CNC(=O)c2ccc(N)c(O)c2)CCCS1. The molecule has 0 spiro atoms. The molecule has 1 atom stereocenters. The molecule has 18 heavy (non-hydrogen) atoms. The van der Waals surface area contributed by atoms with Crippen LogP contribution in [0.5, 0.6) is 5.75 Å². The number of nitrogens with two attached hydrogens (primary N) is 1. The molecule has 1 saturated heterocycles. The third kappa shape index (κ3) is 2.90. The van der Waals surface area contributed by atoms with Crippen molar-refractivity contribution in [2.45, 2.75) is 24.5 Å². The average molecular weight is 266 g/mol. The van der Waals surface area contributed by atoms with Crippen LogP contribution in [0.4, 0.5) is 5.69 Å². The van der Waals surface area contributed by atoms with E-state index in [-0.39, 0.29) is 22.1 Å². The summed E-state index contributed by atoms with van der Waals surface area (Å²) in [6.07, 6.45) is 2.34. The third-order valence-electron chi connectivity index (χ3n) is 3.22. The van der Waals surface area contributed by atoms with Crippen molar-refractivity contribution in [2.75, 3.05) is 18.0 Å². The first-order valence-electron chi connectivity index (χ1n) is 6.01. The predicted octanol–water partition coefficient (Wildman–Crippen LogP) is 1.99. The lowest BCUT2D eigenvalue weighted by Gasteiger charge is -2.22. The van der Waals surface area contributed by atoms with Crippen LogP contribution >= 0.6 is 11.8 Å². The number of nitrogen functional groups attached to an aromatic ring is 1. The van der Waals surface area contributed by atoms with Crippen molar-refractivity contribution >= 4 is 23.4 Å². The van der Waals surface area contributed by atoms with Crippen LogP contribution in [0.2, 0.25) is 0 Å². The van der Waals surface area contributed by atoms with Crippen LogP contribution in [0.25, 0.3) is 0 Å². The van der Waals surface area contributed by atoms with Gasteiger partial charge in [-0.2, -0.15) is 11.8 Å². The summed E-state index contributed by atoms with van der Waals surface area (Å²) in [4.78, 5) is 11.9. The molecule has 1 fully saturated rings. The second kappa shape index (κ2) is 5.10. The molecule has 0 radical (unpaired) electrons. The number of phenolic OH excluding ortho intramolecular Hbond substituents is 1. The minimum atomic E-state index is -0.168. The number of phenols is 1. The van der Waals surface area contributed by atoms with Gasteiger partial charge in [-0.1, -0.05) is 0 Å². The number of anilines is 1.